The van der Waals surface area contributed by atoms with E-state index in [1.165, 1.54) is 0 Å². The van der Waals surface area contributed by atoms with Gasteiger partial charge < -0.3 is 10.5 Å². The first-order valence-corrected chi connectivity index (χ1v) is 6.57. The molecule has 2 nitrogen and oxygen atoms in total. The maximum absolute atomic E-state index is 6.43. The van der Waals surface area contributed by atoms with Crippen LogP contribution in [0.25, 0.3) is 0 Å². The highest BCUT2D eigenvalue weighted by molar-refractivity contribution is 6.30. The van der Waals surface area contributed by atoms with Crippen molar-refractivity contribution in [3.63, 3.8) is 0 Å². The van der Waals surface area contributed by atoms with Gasteiger partial charge in [0, 0.05) is 10.6 Å². The number of halogens is 1. The third kappa shape index (κ3) is 3.49. The molecule has 0 heterocycles. The van der Waals surface area contributed by atoms with Crippen LogP contribution in [0.5, 0.6) is 5.75 Å². The zero-order chi connectivity index (χ0) is 13.9. The van der Waals surface area contributed by atoms with Gasteiger partial charge in [0.15, 0.2) is 0 Å². The fourth-order valence-corrected chi connectivity index (χ4v) is 2.34. The van der Waals surface area contributed by atoms with Gasteiger partial charge in [0.2, 0.25) is 0 Å². The summed E-state index contributed by atoms with van der Waals surface area (Å²) in [6.07, 6.45) is 0.727. The summed E-state index contributed by atoms with van der Waals surface area (Å²) in [7, 11) is 1.66. The van der Waals surface area contributed by atoms with Crippen LogP contribution in [0.1, 0.15) is 18.1 Å². The van der Waals surface area contributed by atoms with Gasteiger partial charge in [-0.15, -0.1) is 0 Å². The van der Waals surface area contributed by atoms with Gasteiger partial charge >= 0.3 is 0 Å². The van der Waals surface area contributed by atoms with E-state index in [9.17, 15) is 0 Å². The minimum Gasteiger partial charge on any atom is -0.497 e. The van der Waals surface area contributed by atoms with Crippen LogP contribution in [0.15, 0.2) is 48.5 Å². The molecule has 0 spiro atoms. The lowest BCUT2D eigenvalue weighted by Gasteiger charge is -2.26. The predicted molar refractivity (Wildman–Crippen MR) is 79.7 cm³/mol. The second-order valence-corrected chi connectivity index (χ2v) is 5.39. The van der Waals surface area contributed by atoms with E-state index in [1.54, 1.807) is 7.11 Å². The van der Waals surface area contributed by atoms with Crippen LogP contribution in [0, 0.1) is 0 Å². The molecule has 2 aromatic rings. The van der Waals surface area contributed by atoms with Crippen LogP contribution < -0.4 is 10.5 Å². The molecule has 1 unspecified atom stereocenters. The average molecular weight is 276 g/mol. The Morgan fingerprint density at radius 3 is 2.58 bits per heavy atom. The van der Waals surface area contributed by atoms with Crippen molar-refractivity contribution in [2.75, 3.05) is 7.11 Å². The first-order valence-electron chi connectivity index (χ1n) is 6.19. The molecule has 0 radical (unpaired) electrons. The van der Waals surface area contributed by atoms with Gasteiger partial charge in [0.05, 0.1) is 7.11 Å². The molecular weight excluding hydrogens is 258 g/mol. The summed E-state index contributed by atoms with van der Waals surface area (Å²) in [5, 5.41) is 0.708. The number of benzene rings is 2. The fraction of sp³-hybridized carbons (Fsp3) is 0.250. The topological polar surface area (TPSA) is 35.2 Å². The number of hydrogen-bond donors (Lipinski definition) is 1. The summed E-state index contributed by atoms with van der Waals surface area (Å²) in [6, 6.07) is 15.7. The van der Waals surface area contributed by atoms with E-state index in [1.807, 2.05) is 49.4 Å². The highest BCUT2D eigenvalue weighted by Crippen LogP contribution is 2.26. The summed E-state index contributed by atoms with van der Waals surface area (Å²) in [6.45, 7) is 2.01. The van der Waals surface area contributed by atoms with Crippen LogP contribution in [0.4, 0.5) is 0 Å². The molecule has 100 valence electrons. The first-order chi connectivity index (χ1) is 9.01. The van der Waals surface area contributed by atoms with E-state index in [-0.39, 0.29) is 0 Å². The van der Waals surface area contributed by atoms with Crippen LogP contribution in [0.3, 0.4) is 0 Å². The fourth-order valence-electron chi connectivity index (χ4n) is 2.15. The normalized spacial score (nSPS) is 13.9. The van der Waals surface area contributed by atoms with Crippen LogP contribution >= 0.6 is 11.6 Å². The molecule has 2 rings (SSSR count). The Hall–Kier alpha value is -1.51. The lowest BCUT2D eigenvalue weighted by molar-refractivity contribution is 0.413. The summed E-state index contributed by atoms with van der Waals surface area (Å²) in [4.78, 5) is 0. The van der Waals surface area contributed by atoms with Gasteiger partial charge in [-0.3, -0.25) is 0 Å². The second kappa shape index (κ2) is 5.64. The second-order valence-electron chi connectivity index (χ2n) is 4.96. The molecule has 3 heteroatoms. The summed E-state index contributed by atoms with van der Waals surface area (Å²) < 4.78 is 5.23. The van der Waals surface area contributed by atoms with Crippen molar-refractivity contribution < 1.29 is 4.74 Å². The molecule has 0 saturated carbocycles. The van der Waals surface area contributed by atoms with Crippen LogP contribution in [-0.2, 0) is 12.0 Å². The minimum atomic E-state index is -0.461. The zero-order valence-corrected chi connectivity index (χ0v) is 11.9. The lowest BCUT2D eigenvalue weighted by Crippen LogP contribution is -2.35. The number of methoxy groups -OCH3 is 1. The van der Waals surface area contributed by atoms with E-state index in [0.29, 0.717) is 5.02 Å². The van der Waals surface area contributed by atoms with Gasteiger partial charge in [0.1, 0.15) is 5.75 Å². The Bertz CT molecular complexity index is 566. The van der Waals surface area contributed by atoms with E-state index in [2.05, 4.69) is 6.07 Å². The number of nitrogens with two attached hydrogens (primary N) is 1. The molecule has 2 aromatic carbocycles. The van der Waals surface area contributed by atoms with Crippen LogP contribution in [0.2, 0.25) is 5.02 Å². The maximum atomic E-state index is 6.43. The highest BCUT2D eigenvalue weighted by atomic mass is 35.5. The number of ether oxygens (including phenoxy) is 1. The van der Waals surface area contributed by atoms with Gasteiger partial charge in [-0.05, 0) is 48.7 Å². The summed E-state index contributed by atoms with van der Waals surface area (Å²) in [5.41, 5.74) is 8.14. The predicted octanol–water partition coefficient (Wildman–Crippen LogP) is 3.77. The van der Waals surface area contributed by atoms with Gasteiger partial charge in [-0.25, -0.2) is 0 Å². The highest BCUT2D eigenvalue weighted by Gasteiger charge is 2.22. The molecule has 1 atom stereocenters. The van der Waals surface area contributed by atoms with Gasteiger partial charge in [-0.2, -0.15) is 0 Å². The third-order valence-electron chi connectivity index (χ3n) is 3.19. The molecule has 0 aliphatic heterocycles. The van der Waals surface area contributed by atoms with Crippen molar-refractivity contribution in [3.05, 3.63) is 64.7 Å². The van der Waals surface area contributed by atoms with Crippen molar-refractivity contribution in [2.45, 2.75) is 18.9 Å². The van der Waals surface area contributed by atoms with E-state index < -0.39 is 5.54 Å². The maximum Gasteiger partial charge on any atom is 0.119 e. The van der Waals surface area contributed by atoms with Crippen molar-refractivity contribution in [1.29, 1.82) is 0 Å². The average Bonchev–Trinajstić information content (AvgIpc) is 2.38. The van der Waals surface area contributed by atoms with E-state index >= 15 is 0 Å². The molecule has 0 fully saturated rings. The third-order valence-corrected chi connectivity index (χ3v) is 3.42. The van der Waals surface area contributed by atoms with E-state index in [4.69, 9.17) is 22.1 Å². The zero-order valence-electron chi connectivity index (χ0n) is 11.2. The monoisotopic (exact) mass is 275 g/mol. The first kappa shape index (κ1) is 13.9. The van der Waals surface area contributed by atoms with Crippen molar-refractivity contribution in [1.82, 2.24) is 0 Å². The molecule has 0 aromatic heterocycles. The molecular formula is C16H18ClNO. The van der Waals surface area contributed by atoms with E-state index in [0.717, 1.165) is 23.3 Å². The Morgan fingerprint density at radius 2 is 1.89 bits per heavy atom. The number of hydrogen-bond acceptors (Lipinski definition) is 2. The molecule has 0 bridgehead atoms. The number of rotatable bonds is 4. The summed E-state index contributed by atoms with van der Waals surface area (Å²) in [5.74, 6) is 0.847. The van der Waals surface area contributed by atoms with Crippen molar-refractivity contribution in [3.8, 4) is 5.75 Å². The van der Waals surface area contributed by atoms with Gasteiger partial charge in [0.25, 0.3) is 0 Å². The molecule has 0 amide bonds. The Balaban J connectivity index is 2.25. The molecule has 0 aliphatic carbocycles. The Kier molecular flexibility index (Phi) is 4.13. The largest absolute Gasteiger partial charge is 0.497 e. The Labute approximate surface area is 119 Å². The summed E-state index contributed by atoms with van der Waals surface area (Å²) >= 11 is 6.03. The van der Waals surface area contributed by atoms with Crippen molar-refractivity contribution >= 4 is 11.6 Å². The van der Waals surface area contributed by atoms with Crippen molar-refractivity contribution in [2.24, 2.45) is 5.73 Å². The smallest absolute Gasteiger partial charge is 0.119 e. The molecule has 0 aliphatic rings. The Morgan fingerprint density at radius 1 is 1.16 bits per heavy atom. The van der Waals surface area contributed by atoms with Crippen LogP contribution in [-0.4, -0.2) is 7.11 Å². The molecule has 2 N–H and O–H groups in total. The molecule has 0 saturated heterocycles. The van der Waals surface area contributed by atoms with Gasteiger partial charge in [-0.1, -0.05) is 35.9 Å². The quantitative estimate of drug-likeness (QED) is 0.922. The standard InChI is InChI=1S/C16H18ClNO/c1-16(18,13-6-4-7-14(17)10-13)11-12-5-3-8-15(9-12)19-2/h3-10H,11,18H2,1-2H3. The SMILES string of the molecule is COc1cccc(CC(C)(N)c2cccc(Cl)c2)c1. The lowest BCUT2D eigenvalue weighted by atomic mass is 9.86. The minimum absolute atomic E-state index is 0.461. The molecule has 19 heavy (non-hydrogen) atoms.